The van der Waals surface area contributed by atoms with Crippen LogP contribution in [0.1, 0.15) is 86.1 Å². The number of anilines is 1. The summed E-state index contributed by atoms with van der Waals surface area (Å²) in [7, 11) is 0. The van der Waals surface area contributed by atoms with E-state index in [1.807, 2.05) is 109 Å². The zero-order valence-corrected chi connectivity index (χ0v) is 33.9. The number of ether oxygens (including phenoxy) is 1. The normalized spacial score (nSPS) is 14.4. The zero-order valence-electron chi connectivity index (χ0n) is 33.9. The molecular formula is C50H62N4O4. The highest BCUT2D eigenvalue weighted by Crippen LogP contribution is 2.29. The lowest BCUT2D eigenvalue weighted by Gasteiger charge is -2.32. The van der Waals surface area contributed by atoms with Gasteiger partial charge in [-0.25, -0.2) is 4.79 Å². The first-order valence-corrected chi connectivity index (χ1v) is 21.4. The van der Waals surface area contributed by atoms with Crippen LogP contribution >= 0.6 is 0 Å². The third kappa shape index (κ3) is 13.6. The van der Waals surface area contributed by atoms with Gasteiger partial charge < -0.3 is 35.8 Å². The molecule has 1 aliphatic heterocycles. The average Bonchev–Trinajstić information content (AvgIpc) is 3.27. The van der Waals surface area contributed by atoms with Crippen LogP contribution in [-0.2, 0) is 19.6 Å². The lowest BCUT2D eigenvalue weighted by atomic mass is 9.94. The first-order chi connectivity index (χ1) is 28.6. The molecule has 1 saturated heterocycles. The summed E-state index contributed by atoms with van der Waals surface area (Å²) in [5.74, 6) is 0.632. The summed E-state index contributed by atoms with van der Waals surface area (Å²) in [5, 5.41) is 31.7. The molecule has 0 aromatic heterocycles. The highest BCUT2D eigenvalue weighted by Gasteiger charge is 2.23. The van der Waals surface area contributed by atoms with E-state index >= 15 is 0 Å². The maximum absolute atomic E-state index is 12.9. The van der Waals surface area contributed by atoms with Gasteiger partial charge in [-0.15, -0.1) is 0 Å². The number of aliphatic hydroxyl groups is 2. The largest absolute Gasteiger partial charge is 0.489 e. The van der Waals surface area contributed by atoms with Crippen LogP contribution < -0.4 is 20.7 Å². The number of benzene rings is 5. The van der Waals surface area contributed by atoms with Crippen LogP contribution in [0.25, 0.3) is 11.1 Å². The number of rotatable bonds is 22. The van der Waals surface area contributed by atoms with Crippen molar-refractivity contribution in [3.8, 4) is 16.9 Å². The van der Waals surface area contributed by atoms with Crippen LogP contribution in [0.15, 0.2) is 133 Å². The fourth-order valence-electron chi connectivity index (χ4n) is 7.92. The summed E-state index contributed by atoms with van der Waals surface area (Å²) in [6.07, 6.45) is 10.3. The molecule has 2 atom stereocenters. The van der Waals surface area contributed by atoms with Gasteiger partial charge in [-0.1, -0.05) is 147 Å². The predicted octanol–water partition coefficient (Wildman–Crippen LogP) is 9.68. The fourth-order valence-corrected chi connectivity index (χ4v) is 7.92. The van der Waals surface area contributed by atoms with Gasteiger partial charge in [0.25, 0.3) is 0 Å². The standard InChI is InChI=1S/C50H62N4O4/c55-37-43-36-42(27-28-48(43)58-38-40-21-11-7-12-22-40)49(56)47(35-39-19-9-6-10-20-39)51-31-17-4-2-1-3-5-18-32-54-33-29-44(30-34-54)52-50(57)53-46-26-16-15-25-45(46)41-23-13-8-14-24-41/h6-16,19-28,36,44,47,49,51,55-56H,1-5,17-18,29-35,37-38H2,(H2,52,53,57). The summed E-state index contributed by atoms with van der Waals surface area (Å²) in [6.45, 7) is 4.27. The molecule has 5 N–H and O–H groups in total. The number of piperidine rings is 1. The molecule has 8 heteroatoms. The molecular weight excluding hydrogens is 721 g/mol. The van der Waals surface area contributed by atoms with Crippen molar-refractivity contribution in [1.29, 1.82) is 0 Å². The Balaban J connectivity index is 0.845. The van der Waals surface area contributed by atoms with E-state index in [9.17, 15) is 15.0 Å². The van der Waals surface area contributed by atoms with Crippen LogP contribution in [0.3, 0.4) is 0 Å². The minimum absolute atomic E-state index is 0.133. The second kappa shape index (κ2) is 23.4. The van der Waals surface area contributed by atoms with Crippen molar-refractivity contribution < 1.29 is 19.7 Å². The predicted molar refractivity (Wildman–Crippen MR) is 236 cm³/mol. The molecule has 0 radical (unpaired) electrons. The van der Waals surface area contributed by atoms with E-state index in [1.165, 1.54) is 37.7 Å². The third-order valence-electron chi connectivity index (χ3n) is 11.3. The lowest BCUT2D eigenvalue weighted by Crippen LogP contribution is -2.46. The molecule has 1 aliphatic rings. The SMILES string of the molecule is O=C(Nc1ccccc1-c1ccccc1)NC1CCN(CCCCCCCCCNC(Cc2ccccc2)C(O)c2ccc(OCc3ccccc3)c(CO)c2)CC1. The van der Waals surface area contributed by atoms with E-state index in [4.69, 9.17) is 4.74 Å². The van der Waals surface area contributed by atoms with Crippen molar-refractivity contribution in [3.05, 3.63) is 156 Å². The number of carbonyl (C=O) groups excluding carboxylic acids is 1. The monoisotopic (exact) mass is 782 g/mol. The first-order valence-electron chi connectivity index (χ1n) is 21.4. The second-order valence-corrected chi connectivity index (χ2v) is 15.6. The fraction of sp³-hybridized carbons (Fsp3) is 0.380. The number of likely N-dealkylation sites (tertiary alicyclic amines) is 1. The van der Waals surface area contributed by atoms with Gasteiger partial charge in [-0.05, 0) is 85.6 Å². The van der Waals surface area contributed by atoms with E-state index in [0.29, 0.717) is 24.3 Å². The van der Waals surface area contributed by atoms with Crippen LogP contribution in [0.2, 0.25) is 0 Å². The van der Waals surface area contributed by atoms with Gasteiger partial charge in [0.05, 0.1) is 18.4 Å². The highest BCUT2D eigenvalue weighted by molar-refractivity contribution is 5.94. The number of hydrogen-bond donors (Lipinski definition) is 5. The Morgan fingerprint density at radius 3 is 2.05 bits per heavy atom. The Morgan fingerprint density at radius 2 is 1.34 bits per heavy atom. The maximum atomic E-state index is 12.9. The number of carbonyl (C=O) groups is 1. The molecule has 5 aromatic rings. The molecule has 2 amide bonds. The number of para-hydroxylation sites is 1. The van der Waals surface area contributed by atoms with E-state index < -0.39 is 6.10 Å². The molecule has 306 valence electrons. The van der Waals surface area contributed by atoms with Crippen LogP contribution in [0, 0.1) is 0 Å². The van der Waals surface area contributed by atoms with Crippen molar-refractivity contribution in [3.63, 3.8) is 0 Å². The Kier molecular flexibility index (Phi) is 17.2. The van der Waals surface area contributed by atoms with Gasteiger partial charge in [-0.2, -0.15) is 0 Å². The molecule has 58 heavy (non-hydrogen) atoms. The molecule has 0 spiro atoms. The number of nitrogens with one attached hydrogen (secondary N) is 3. The number of urea groups is 1. The van der Waals surface area contributed by atoms with Crippen molar-refractivity contribution >= 4 is 11.7 Å². The van der Waals surface area contributed by atoms with Gasteiger partial charge in [0, 0.05) is 36.3 Å². The first kappa shape index (κ1) is 42.6. The number of unbranched alkanes of at least 4 members (excludes halogenated alkanes) is 6. The summed E-state index contributed by atoms with van der Waals surface area (Å²) in [5.41, 5.74) is 6.61. The van der Waals surface area contributed by atoms with Crippen molar-refractivity contribution in [2.45, 2.75) is 95.6 Å². The second-order valence-electron chi connectivity index (χ2n) is 15.6. The quantitative estimate of drug-likeness (QED) is 0.0448. The molecule has 0 aliphatic carbocycles. The lowest BCUT2D eigenvalue weighted by molar-refractivity contribution is 0.127. The topological polar surface area (TPSA) is 106 Å². The molecule has 6 rings (SSSR count). The number of aliphatic hydroxyl groups excluding tert-OH is 2. The van der Waals surface area contributed by atoms with Crippen molar-refractivity contribution in [1.82, 2.24) is 15.5 Å². The zero-order chi connectivity index (χ0) is 40.2. The van der Waals surface area contributed by atoms with Gasteiger partial charge in [0.15, 0.2) is 0 Å². The van der Waals surface area contributed by atoms with Crippen LogP contribution in [0.5, 0.6) is 5.75 Å². The molecule has 1 heterocycles. The Morgan fingerprint density at radius 1 is 0.724 bits per heavy atom. The molecule has 0 saturated carbocycles. The molecule has 1 fully saturated rings. The Labute approximate surface area is 345 Å². The maximum Gasteiger partial charge on any atom is 0.319 e. The molecule has 0 bridgehead atoms. The number of nitrogens with zero attached hydrogens (tertiary/aromatic N) is 1. The van der Waals surface area contributed by atoms with E-state index in [1.54, 1.807) is 0 Å². The smallest absolute Gasteiger partial charge is 0.319 e. The van der Waals surface area contributed by atoms with Crippen LogP contribution in [0.4, 0.5) is 10.5 Å². The molecule has 8 nitrogen and oxygen atoms in total. The Hall–Kier alpha value is -4.99. The molecule has 2 unspecified atom stereocenters. The van der Waals surface area contributed by atoms with Crippen molar-refractivity contribution in [2.24, 2.45) is 0 Å². The van der Waals surface area contributed by atoms with Crippen LogP contribution in [-0.4, -0.2) is 59.4 Å². The minimum Gasteiger partial charge on any atom is -0.489 e. The number of amides is 2. The van der Waals surface area contributed by atoms with E-state index in [2.05, 4.69) is 45.1 Å². The summed E-state index contributed by atoms with van der Waals surface area (Å²) in [4.78, 5) is 15.4. The third-order valence-corrected chi connectivity index (χ3v) is 11.3. The Bertz CT molecular complexity index is 1920. The average molecular weight is 783 g/mol. The van der Waals surface area contributed by atoms with Crippen molar-refractivity contribution in [2.75, 3.05) is 31.5 Å². The highest BCUT2D eigenvalue weighted by atomic mass is 16.5. The molecule has 5 aromatic carbocycles. The van der Waals surface area contributed by atoms with Gasteiger partial charge in [0.2, 0.25) is 0 Å². The van der Waals surface area contributed by atoms with Gasteiger partial charge >= 0.3 is 6.03 Å². The van der Waals surface area contributed by atoms with Gasteiger partial charge in [0.1, 0.15) is 12.4 Å². The van der Waals surface area contributed by atoms with Gasteiger partial charge in [-0.3, -0.25) is 0 Å². The summed E-state index contributed by atoms with van der Waals surface area (Å²) >= 11 is 0. The minimum atomic E-state index is -0.733. The summed E-state index contributed by atoms with van der Waals surface area (Å²) < 4.78 is 6.03. The van der Waals surface area contributed by atoms with E-state index in [-0.39, 0.29) is 24.7 Å². The number of hydrogen-bond acceptors (Lipinski definition) is 6. The summed E-state index contributed by atoms with van der Waals surface area (Å²) in [6, 6.07) is 44.0. The van der Waals surface area contributed by atoms with E-state index in [0.717, 1.165) is 79.8 Å².